The van der Waals surface area contributed by atoms with E-state index in [1.165, 1.54) is 6.07 Å². The summed E-state index contributed by atoms with van der Waals surface area (Å²) in [6.07, 6.45) is -1.23. The minimum absolute atomic E-state index is 0.170. The number of hydrogen-bond donors (Lipinski definition) is 2. The van der Waals surface area contributed by atoms with Crippen LogP contribution in [0.2, 0.25) is 0 Å². The van der Waals surface area contributed by atoms with E-state index in [1.54, 1.807) is 20.8 Å². The number of carbonyl (C=O) groups is 1. The fourth-order valence-corrected chi connectivity index (χ4v) is 2.12. The van der Waals surface area contributed by atoms with E-state index < -0.39 is 23.8 Å². The summed E-state index contributed by atoms with van der Waals surface area (Å²) in [5, 5.41) is 12.9. The molecule has 2 N–H and O–H groups in total. The van der Waals surface area contributed by atoms with Crippen LogP contribution in [0, 0.1) is 0 Å². The predicted molar refractivity (Wildman–Crippen MR) is 83.3 cm³/mol. The number of nitrogens with one attached hydrogen (secondary N) is 1. The van der Waals surface area contributed by atoms with Gasteiger partial charge in [-0.05, 0) is 38.8 Å². The van der Waals surface area contributed by atoms with Crippen LogP contribution in [-0.2, 0) is 11.2 Å². The molecule has 0 radical (unpaired) electrons. The molecule has 1 unspecified atom stereocenters. The van der Waals surface area contributed by atoms with Crippen molar-refractivity contribution in [2.75, 3.05) is 0 Å². The summed E-state index contributed by atoms with van der Waals surface area (Å²) >= 11 is 0. The molecule has 5 heteroatoms. The average Bonchev–Trinajstić information content (AvgIpc) is 3.13. The summed E-state index contributed by atoms with van der Waals surface area (Å²) in [5.41, 5.74) is 0.505. The van der Waals surface area contributed by atoms with Gasteiger partial charge in [-0.3, -0.25) is 4.79 Å². The first kappa shape index (κ1) is 16.2. The van der Waals surface area contributed by atoms with Crippen molar-refractivity contribution in [3.05, 3.63) is 57.7 Å². The summed E-state index contributed by atoms with van der Waals surface area (Å²) < 4.78 is 5.22. The number of ether oxygens (including phenoxy) is 1. The van der Waals surface area contributed by atoms with E-state index in [-0.39, 0.29) is 5.43 Å². The van der Waals surface area contributed by atoms with Gasteiger partial charge in [0.2, 0.25) is 0 Å². The van der Waals surface area contributed by atoms with E-state index in [0.29, 0.717) is 12.0 Å². The minimum atomic E-state index is -1.03. The SMILES string of the molecule is CC(C)(C)OC(=O)N[C@@H](Cc1ccccc1)C(O)c1cc1=O. The lowest BCUT2D eigenvalue weighted by Crippen LogP contribution is -2.43. The van der Waals surface area contributed by atoms with Gasteiger partial charge in [-0.25, -0.2) is 4.79 Å². The highest BCUT2D eigenvalue weighted by Gasteiger charge is 2.30. The third kappa shape index (κ3) is 4.70. The van der Waals surface area contributed by atoms with Crippen molar-refractivity contribution in [1.29, 1.82) is 0 Å². The van der Waals surface area contributed by atoms with Crippen LogP contribution < -0.4 is 10.7 Å². The van der Waals surface area contributed by atoms with Crippen molar-refractivity contribution in [2.45, 2.75) is 44.9 Å². The Bertz CT molecular complexity index is 635. The van der Waals surface area contributed by atoms with Gasteiger partial charge >= 0.3 is 6.09 Å². The third-order valence-electron chi connectivity index (χ3n) is 3.19. The van der Waals surface area contributed by atoms with Gasteiger partial charge < -0.3 is 15.2 Å². The quantitative estimate of drug-likeness (QED) is 0.887. The number of aliphatic hydroxyl groups is 1. The maximum Gasteiger partial charge on any atom is 0.407 e. The average molecular weight is 303 g/mol. The smallest absolute Gasteiger partial charge is 0.407 e. The molecule has 0 aliphatic heterocycles. The summed E-state index contributed by atoms with van der Waals surface area (Å²) in [5.74, 6) is 0. The second kappa shape index (κ2) is 6.32. The van der Waals surface area contributed by atoms with Crippen LogP contribution >= 0.6 is 0 Å². The van der Waals surface area contributed by atoms with Gasteiger partial charge in [0.1, 0.15) is 11.7 Å². The number of aliphatic hydroxyl groups excluding tert-OH is 1. The van der Waals surface area contributed by atoms with Gasteiger partial charge in [0.05, 0.1) is 6.04 Å². The predicted octanol–water partition coefficient (Wildman–Crippen LogP) is 2.09. The molecule has 2 aromatic rings. The molecule has 5 nitrogen and oxygen atoms in total. The Morgan fingerprint density at radius 2 is 1.86 bits per heavy atom. The Hall–Kier alpha value is -2.14. The van der Waals surface area contributed by atoms with Crippen molar-refractivity contribution in [1.82, 2.24) is 5.32 Å². The normalized spacial score (nSPS) is 14.5. The van der Waals surface area contributed by atoms with E-state index in [1.807, 2.05) is 30.3 Å². The molecule has 0 bridgehead atoms. The Morgan fingerprint density at radius 3 is 2.36 bits per heavy atom. The Morgan fingerprint density at radius 1 is 1.27 bits per heavy atom. The zero-order valence-electron chi connectivity index (χ0n) is 13.0. The molecule has 0 aliphatic rings. The molecule has 0 aliphatic carbocycles. The molecule has 0 heterocycles. The maximum absolute atomic E-state index is 11.9. The van der Waals surface area contributed by atoms with Crippen LogP contribution in [-0.4, -0.2) is 22.8 Å². The number of amides is 1. The van der Waals surface area contributed by atoms with Gasteiger partial charge in [0, 0.05) is 5.56 Å². The number of benzene rings is 1. The molecule has 0 saturated carbocycles. The van der Waals surface area contributed by atoms with Crippen LogP contribution in [0.4, 0.5) is 4.79 Å². The second-order valence-corrected chi connectivity index (χ2v) is 6.35. The first-order chi connectivity index (χ1) is 10.3. The molecular weight excluding hydrogens is 282 g/mol. The lowest BCUT2D eigenvalue weighted by Gasteiger charge is -2.25. The van der Waals surface area contributed by atoms with E-state index in [4.69, 9.17) is 4.74 Å². The van der Waals surface area contributed by atoms with E-state index in [9.17, 15) is 14.7 Å². The number of hydrogen-bond acceptors (Lipinski definition) is 4. The van der Waals surface area contributed by atoms with Gasteiger partial charge in [0.25, 0.3) is 0 Å². The van der Waals surface area contributed by atoms with Crippen LogP contribution in [0.1, 0.15) is 38.0 Å². The van der Waals surface area contributed by atoms with Crippen molar-refractivity contribution in [3.63, 3.8) is 0 Å². The van der Waals surface area contributed by atoms with Crippen molar-refractivity contribution >= 4 is 6.09 Å². The zero-order valence-corrected chi connectivity index (χ0v) is 13.0. The molecule has 2 rings (SSSR count). The molecule has 2 atom stereocenters. The largest absolute Gasteiger partial charge is 0.444 e. The Kier molecular flexibility index (Phi) is 4.66. The topological polar surface area (TPSA) is 75.6 Å². The molecule has 0 saturated heterocycles. The fourth-order valence-electron chi connectivity index (χ4n) is 2.12. The summed E-state index contributed by atoms with van der Waals surface area (Å²) in [6.45, 7) is 5.30. The van der Waals surface area contributed by atoms with E-state index in [0.717, 1.165) is 5.56 Å². The summed E-state index contributed by atoms with van der Waals surface area (Å²) in [7, 11) is 0. The van der Waals surface area contributed by atoms with Crippen LogP contribution in [0.25, 0.3) is 0 Å². The van der Waals surface area contributed by atoms with Gasteiger partial charge in [0.15, 0.2) is 5.43 Å². The second-order valence-electron chi connectivity index (χ2n) is 6.35. The Balaban J connectivity index is 2.08. The standard InChI is InChI=1S/C17H21NO4/c1-17(2,3)22-16(21)18-13(15(20)12-10-14(12)19)9-11-7-5-4-6-8-11/h4-8,10,13,15,20H,9H2,1-3H3,(H,18,21)/t13-,15?/m0/s1. The number of rotatable bonds is 5. The molecule has 2 aromatic carbocycles. The van der Waals surface area contributed by atoms with Crippen molar-refractivity contribution in [2.24, 2.45) is 0 Å². The van der Waals surface area contributed by atoms with Crippen LogP contribution in [0.15, 0.2) is 41.2 Å². The molecule has 0 spiro atoms. The third-order valence-corrected chi connectivity index (χ3v) is 3.19. The van der Waals surface area contributed by atoms with Crippen LogP contribution in [0.5, 0.6) is 0 Å². The summed E-state index contributed by atoms with van der Waals surface area (Å²) in [6, 6.07) is 10.2. The monoisotopic (exact) mass is 303 g/mol. The van der Waals surface area contributed by atoms with E-state index >= 15 is 0 Å². The Labute approximate surface area is 129 Å². The first-order valence-corrected chi connectivity index (χ1v) is 7.24. The number of carbonyl (C=O) groups excluding carboxylic acids is 1. The first-order valence-electron chi connectivity index (χ1n) is 7.24. The van der Waals surface area contributed by atoms with Gasteiger partial charge in [-0.15, -0.1) is 0 Å². The maximum atomic E-state index is 11.9. The van der Waals surface area contributed by atoms with Gasteiger partial charge in [-0.1, -0.05) is 30.3 Å². The zero-order chi connectivity index (χ0) is 16.3. The minimum Gasteiger partial charge on any atom is -0.444 e. The molecular formula is C17H21NO4. The fraction of sp³-hybridized carbons (Fsp3) is 0.412. The van der Waals surface area contributed by atoms with Crippen molar-refractivity contribution < 1.29 is 14.6 Å². The summed E-state index contributed by atoms with van der Waals surface area (Å²) in [4.78, 5) is 23.1. The molecule has 0 fully saturated rings. The number of alkyl carbamates (subject to hydrolysis) is 1. The molecule has 0 aromatic heterocycles. The lowest BCUT2D eigenvalue weighted by molar-refractivity contribution is 0.0424. The molecule has 118 valence electrons. The van der Waals surface area contributed by atoms with Crippen LogP contribution in [0.3, 0.4) is 0 Å². The highest BCUT2D eigenvalue weighted by Crippen LogP contribution is 2.20. The highest BCUT2D eigenvalue weighted by molar-refractivity contribution is 5.68. The highest BCUT2D eigenvalue weighted by atomic mass is 16.6. The molecule has 22 heavy (non-hydrogen) atoms. The van der Waals surface area contributed by atoms with Crippen molar-refractivity contribution in [3.8, 4) is 0 Å². The van der Waals surface area contributed by atoms with Gasteiger partial charge in [-0.2, -0.15) is 0 Å². The lowest BCUT2D eigenvalue weighted by atomic mass is 10.00. The molecule has 1 amide bonds. The van der Waals surface area contributed by atoms with E-state index in [2.05, 4.69) is 5.32 Å².